The molecule has 0 amide bonds. The number of thioether (sulfide) groups is 1. The third-order valence-corrected chi connectivity index (χ3v) is 4.94. The molecule has 1 fully saturated rings. The Hall–Kier alpha value is -2.45. The Labute approximate surface area is 148 Å². The second-order valence-electron chi connectivity index (χ2n) is 5.39. The number of hydrogen-bond donors (Lipinski definition) is 2. The third kappa shape index (κ3) is 4.15. The summed E-state index contributed by atoms with van der Waals surface area (Å²) in [4.78, 5) is 22.4. The van der Waals surface area contributed by atoms with Gasteiger partial charge in [0.1, 0.15) is 24.2 Å². The van der Waals surface area contributed by atoms with Crippen molar-refractivity contribution in [2.75, 3.05) is 12.9 Å². The SMILES string of the molecule is COC(=O)c1ccc(COc2cccc([C@@H]3N[C@@H](C(=O)O)CS3)c2)o1. The molecule has 1 aromatic heterocycles. The van der Waals surface area contributed by atoms with Gasteiger partial charge in [0.2, 0.25) is 5.76 Å². The number of hydrogen-bond acceptors (Lipinski definition) is 7. The quantitative estimate of drug-likeness (QED) is 0.755. The van der Waals surface area contributed by atoms with Gasteiger partial charge in [-0.05, 0) is 29.8 Å². The van der Waals surface area contributed by atoms with E-state index in [0.29, 0.717) is 17.3 Å². The number of carboxylic acid groups (broad SMARTS) is 1. The van der Waals surface area contributed by atoms with Crippen molar-refractivity contribution in [3.05, 3.63) is 53.5 Å². The van der Waals surface area contributed by atoms with Crippen LogP contribution in [0.25, 0.3) is 0 Å². The van der Waals surface area contributed by atoms with E-state index in [4.69, 9.17) is 14.3 Å². The van der Waals surface area contributed by atoms with Crippen LogP contribution in [-0.2, 0) is 16.1 Å². The van der Waals surface area contributed by atoms with Gasteiger partial charge in [-0.15, -0.1) is 11.8 Å². The average molecular weight is 363 g/mol. The molecule has 7 nitrogen and oxygen atoms in total. The van der Waals surface area contributed by atoms with Crippen molar-refractivity contribution in [2.24, 2.45) is 0 Å². The standard InChI is InChI=1S/C17H17NO6S/c1-22-17(21)14-6-5-12(24-14)8-23-11-4-2-3-10(7-11)15-18-13(9-25-15)16(19)20/h2-7,13,15,18H,8-9H2,1H3,(H,19,20)/t13-,15-/m1/s1. The molecule has 3 rings (SSSR count). The highest BCUT2D eigenvalue weighted by Crippen LogP contribution is 2.34. The van der Waals surface area contributed by atoms with Gasteiger partial charge >= 0.3 is 11.9 Å². The first-order valence-electron chi connectivity index (χ1n) is 7.57. The molecule has 1 aliphatic rings. The minimum atomic E-state index is -0.846. The fraction of sp³-hybridized carbons (Fsp3) is 0.294. The first-order valence-corrected chi connectivity index (χ1v) is 8.62. The van der Waals surface area contributed by atoms with E-state index >= 15 is 0 Å². The molecular weight excluding hydrogens is 346 g/mol. The summed E-state index contributed by atoms with van der Waals surface area (Å²) in [7, 11) is 1.29. The first-order chi connectivity index (χ1) is 12.1. The van der Waals surface area contributed by atoms with Crippen LogP contribution in [0.3, 0.4) is 0 Å². The van der Waals surface area contributed by atoms with Crippen LogP contribution in [0.1, 0.15) is 27.3 Å². The number of benzene rings is 1. The fourth-order valence-electron chi connectivity index (χ4n) is 2.39. The van der Waals surface area contributed by atoms with Gasteiger partial charge < -0.3 is 19.0 Å². The molecule has 132 valence electrons. The molecule has 2 atom stereocenters. The van der Waals surface area contributed by atoms with Crippen molar-refractivity contribution in [1.29, 1.82) is 0 Å². The van der Waals surface area contributed by atoms with Gasteiger partial charge in [0.25, 0.3) is 0 Å². The summed E-state index contributed by atoms with van der Waals surface area (Å²) in [6.07, 6.45) is 0. The lowest BCUT2D eigenvalue weighted by molar-refractivity contribution is -0.138. The number of ether oxygens (including phenoxy) is 2. The van der Waals surface area contributed by atoms with Crippen LogP contribution in [0, 0.1) is 0 Å². The van der Waals surface area contributed by atoms with Gasteiger partial charge in [-0.25, -0.2) is 4.79 Å². The Morgan fingerprint density at radius 2 is 2.20 bits per heavy atom. The first kappa shape index (κ1) is 17.4. The van der Waals surface area contributed by atoms with Crippen molar-refractivity contribution in [3.8, 4) is 5.75 Å². The van der Waals surface area contributed by atoms with E-state index < -0.39 is 18.0 Å². The van der Waals surface area contributed by atoms with Crippen LogP contribution in [0.15, 0.2) is 40.8 Å². The van der Waals surface area contributed by atoms with E-state index in [9.17, 15) is 9.59 Å². The van der Waals surface area contributed by atoms with Gasteiger partial charge in [-0.3, -0.25) is 10.1 Å². The van der Waals surface area contributed by atoms with Crippen LogP contribution in [0.4, 0.5) is 0 Å². The van der Waals surface area contributed by atoms with Crippen LogP contribution in [0.2, 0.25) is 0 Å². The van der Waals surface area contributed by atoms with E-state index in [2.05, 4.69) is 10.1 Å². The lowest BCUT2D eigenvalue weighted by Gasteiger charge is -2.13. The Balaban J connectivity index is 1.61. The lowest BCUT2D eigenvalue weighted by atomic mass is 10.2. The molecule has 0 aliphatic carbocycles. The molecule has 0 saturated carbocycles. The molecule has 2 N–H and O–H groups in total. The van der Waals surface area contributed by atoms with E-state index in [1.165, 1.54) is 13.2 Å². The molecule has 2 aromatic rings. The van der Waals surface area contributed by atoms with E-state index in [-0.39, 0.29) is 17.7 Å². The van der Waals surface area contributed by atoms with Gasteiger partial charge in [-0.1, -0.05) is 12.1 Å². The summed E-state index contributed by atoms with van der Waals surface area (Å²) in [6.45, 7) is 0.170. The van der Waals surface area contributed by atoms with Gasteiger partial charge in [0.15, 0.2) is 0 Å². The van der Waals surface area contributed by atoms with Crippen molar-refractivity contribution in [2.45, 2.75) is 18.0 Å². The highest BCUT2D eigenvalue weighted by Gasteiger charge is 2.30. The minimum Gasteiger partial charge on any atom is -0.486 e. The van der Waals surface area contributed by atoms with Crippen molar-refractivity contribution in [1.82, 2.24) is 5.32 Å². The summed E-state index contributed by atoms with van der Waals surface area (Å²) < 4.78 is 15.6. The van der Waals surface area contributed by atoms with Crippen LogP contribution in [-0.4, -0.2) is 35.9 Å². The summed E-state index contributed by atoms with van der Waals surface area (Å²) >= 11 is 1.55. The Kier molecular flexibility index (Phi) is 5.30. The third-order valence-electron chi connectivity index (χ3n) is 3.67. The number of carboxylic acids is 1. The summed E-state index contributed by atoms with van der Waals surface area (Å²) in [5.74, 6) is 0.404. The fourth-order valence-corrected chi connectivity index (χ4v) is 3.62. The van der Waals surface area contributed by atoms with Gasteiger partial charge in [0.05, 0.1) is 12.5 Å². The maximum atomic E-state index is 11.4. The largest absolute Gasteiger partial charge is 0.486 e. The number of carbonyl (C=O) groups excluding carboxylic acids is 1. The summed E-state index contributed by atoms with van der Waals surface area (Å²) in [6, 6.07) is 10.1. The topological polar surface area (TPSA) is 98.0 Å². The second kappa shape index (κ2) is 7.62. The minimum absolute atomic E-state index is 0.0841. The summed E-state index contributed by atoms with van der Waals surface area (Å²) in [5.41, 5.74) is 0.945. The Morgan fingerprint density at radius 3 is 2.92 bits per heavy atom. The molecule has 2 heterocycles. The maximum Gasteiger partial charge on any atom is 0.373 e. The molecule has 25 heavy (non-hydrogen) atoms. The zero-order chi connectivity index (χ0) is 17.8. The molecule has 8 heteroatoms. The summed E-state index contributed by atoms with van der Waals surface area (Å²) in [5, 5.41) is 12.0. The normalized spacial score (nSPS) is 19.6. The molecule has 0 radical (unpaired) electrons. The predicted octanol–water partition coefficient (Wildman–Crippen LogP) is 2.43. The van der Waals surface area contributed by atoms with Crippen LogP contribution < -0.4 is 10.1 Å². The highest BCUT2D eigenvalue weighted by molar-refractivity contribution is 7.99. The van der Waals surface area contributed by atoms with Crippen LogP contribution >= 0.6 is 11.8 Å². The molecule has 0 spiro atoms. The van der Waals surface area contributed by atoms with Crippen molar-refractivity contribution < 1.29 is 28.6 Å². The predicted molar refractivity (Wildman–Crippen MR) is 90.6 cm³/mol. The molecular formula is C17H17NO6S. The van der Waals surface area contributed by atoms with Crippen molar-refractivity contribution in [3.63, 3.8) is 0 Å². The highest BCUT2D eigenvalue weighted by atomic mass is 32.2. The monoisotopic (exact) mass is 363 g/mol. The molecule has 0 unspecified atom stereocenters. The smallest absolute Gasteiger partial charge is 0.373 e. The average Bonchev–Trinajstić information content (AvgIpc) is 3.29. The second-order valence-corrected chi connectivity index (χ2v) is 6.53. The number of rotatable bonds is 6. The van der Waals surface area contributed by atoms with Gasteiger partial charge in [0, 0.05) is 5.75 Å². The Bertz CT molecular complexity index is 774. The van der Waals surface area contributed by atoms with Crippen LogP contribution in [0.5, 0.6) is 5.75 Å². The number of methoxy groups -OCH3 is 1. The number of esters is 1. The molecule has 1 saturated heterocycles. The maximum absolute atomic E-state index is 11.4. The number of furan rings is 1. The molecule has 1 aromatic carbocycles. The van der Waals surface area contributed by atoms with E-state index in [1.807, 2.05) is 24.3 Å². The number of nitrogens with one attached hydrogen (secondary N) is 1. The number of carbonyl (C=O) groups is 2. The Morgan fingerprint density at radius 1 is 1.36 bits per heavy atom. The van der Waals surface area contributed by atoms with E-state index in [1.54, 1.807) is 17.8 Å². The zero-order valence-corrected chi connectivity index (χ0v) is 14.2. The zero-order valence-electron chi connectivity index (χ0n) is 13.4. The molecule has 1 aliphatic heterocycles. The van der Waals surface area contributed by atoms with Gasteiger partial charge in [-0.2, -0.15) is 0 Å². The lowest BCUT2D eigenvalue weighted by Crippen LogP contribution is -2.33. The van der Waals surface area contributed by atoms with E-state index in [0.717, 1.165) is 5.56 Å². The van der Waals surface area contributed by atoms with Crippen molar-refractivity contribution >= 4 is 23.7 Å². The number of aliphatic carboxylic acids is 1. The molecule has 0 bridgehead atoms.